The van der Waals surface area contributed by atoms with Crippen LogP contribution in [-0.2, 0) is 4.84 Å². The zero-order valence-corrected chi connectivity index (χ0v) is 19.3. The minimum Gasteiger partial charge on any atom is -0.313 e. The lowest BCUT2D eigenvalue weighted by molar-refractivity contribution is 0.0515. The van der Waals surface area contributed by atoms with E-state index in [1.165, 1.54) is 11.6 Å². The van der Waals surface area contributed by atoms with Gasteiger partial charge in [0.2, 0.25) is 0 Å². The molecule has 3 aromatic rings. The lowest BCUT2D eigenvalue weighted by Gasteiger charge is -2.08. The van der Waals surface area contributed by atoms with Crippen LogP contribution in [0.1, 0.15) is 33.8 Å². The van der Waals surface area contributed by atoms with E-state index < -0.39 is 5.97 Å². The maximum Gasteiger partial charge on any atom is 0.365 e. The van der Waals surface area contributed by atoms with Crippen molar-refractivity contribution < 1.29 is 9.63 Å². The second-order valence-corrected chi connectivity index (χ2v) is 9.16. The quantitative estimate of drug-likeness (QED) is 0.195. The molecule has 1 fully saturated rings. The van der Waals surface area contributed by atoms with Crippen LogP contribution in [0.5, 0.6) is 0 Å². The van der Waals surface area contributed by atoms with Gasteiger partial charge >= 0.3 is 5.97 Å². The molecule has 1 saturated carbocycles. The number of rotatable bonds is 5. The van der Waals surface area contributed by atoms with Gasteiger partial charge in [-0.3, -0.25) is 0 Å². The number of benzene rings is 3. The SMILES string of the molecule is O=C(O/N=C(/c1ccc(Br)cc1)[C@H]1C[C@H]1c1ccc(Cl)cc1)c1ccc(Cl)c(Cl)c1. The largest absolute Gasteiger partial charge is 0.365 e. The molecule has 7 heteroatoms. The van der Waals surface area contributed by atoms with Crippen molar-refractivity contribution in [2.75, 3.05) is 0 Å². The van der Waals surface area contributed by atoms with Gasteiger partial charge in [-0.15, -0.1) is 0 Å². The summed E-state index contributed by atoms with van der Waals surface area (Å²) < 4.78 is 0.962. The number of hydrogen-bond acceptors (Lipinski definition) is 3. The normalized spacial score (nSPS) is 18.2. The minimum absolute atomic E-state index is 0.147. The summed E-state index contributed by atoms with van der Waals surface area (Å²) in [6.45, 7) is 0. The Hall–Kier alpha value is -1.85. The summed E-state index contributed by atoms with van der Waals surface area (Å²) in [6.07, 6.45) is 0.918. The van der Waals surface area contributed by atoms with E-state index in [-0.39, 0.29) is 16.5 Å². The highest BCUT2D eigenvalue weighted by molar-refractivity contribution is 9.10. The van der Waals surface area contributed by atoms with Gasteiger partial charge in [0.15, 0.2) is 0 Å². The number of carbonyl (C=O) groups is 1. The van der Waals surface area contributed by atoms with Gasteiger partial charge in [0.1, 0.15) is 0 Å². The van der Waals surface area contributed by atoms with Crippen molar-refractivity contribution >= 4 is 62.4 Å². The van der Waals surface area contributed by atoms with Gasteiger partial charge in [-0.1, -0.05) is 80.2 Å². The van der Waals surface area contributed by atoms with Crippen LogP contribution in [-0.4, -0.2) is 11.7 Å². The zero-order valence-electron chi connectivity index (χ0n) is 15.5. The van der Waals surface area contributed by atoms with Gasteiger partial charge in [0.25, 0.3) is 0 Å². The Morgan fingerprint density at radius 2 is 1.57 bits per heavy atom. The molecule has 2 atom stereocenters. The molecule has 152 valence electrons. The summed E-state index contributed by atoms with van der Waals surface area (Å²) in [5.74, 6) is -0.144. The van der Waals surface area contributed by atoms with Crippen LogP contribution in [0.2, 0.25) is 15.1 Å². The first kappa shape index (κ1) is 21.4. The van der Waals surface area contributed by atoms with Crippen LogP contribution in [0.25, 0.3) is 0 Å². The summed E-state index contributed by atoms with van der Waals surface area (Å²) >= 11 is 21.4. The van der Waals surface area contributed by atoms with E-state index in [1.54, 1.807) is 12.1 Å². The van der Waals surface area contributed by atoms with Gasteiger partial charge < -0.3 is 4.84 Å². The Bertz CT molecular complexity index is 1110. The Morgan fingerprint density at radius 3 is 2.23 bits per heavy atom. The van der Waals surface area contributed by atoms with E-state index in [4.69, 9.17) is 39.6 Å². The third kappa shape index (κ3) is 4.89. The molecule has 1 aliphatic rings. The molecule has 0 aliphatic heterocycles. The highest BCUT2D eigenvalue weighted by Gasteiger charge is 2.43. The summed E-state index contributed by atoms with van der Waals surface area (Å²) in [6, 6.07) is 20.2. The van der Waals surface area contributed by atoms with Crippen LogP contribution in [0.15, 0.2) is 76.4 Å². The molecule has 0 amide bonds. The highest BCUT2D eigenvalue weighted by atomic mass is 79.9. The second kappa shape index (κ2) is 9.11. The van der Waals surface area contributed by atoms with Crippen LogP contribution < -0.4 is 0 Å². The fourth-order valence-corrected chi connectivity index (χ4v) is 3.99. The van der Waals surface area contributed by atoms with Crippen molar-refractivity contribution in [3.05, 3.63) is 103 Å². The van der Waals surface area contributed by atoms with Gasteiger partial charge in [-0.05, 0) is 65.9 Å². The molecule has 0 heterocycles. The molecule has 30 heavy (non-hydrogen) atoms. The second-order valence-electron chi connectivity index (χ2n) is 6.99. The van der Waals surface area contributed by atoms with E-state index in [9.17, 15) is 4.79 Å². The summed E-state index contributed by atoms with van der Waals surface area (Å²) in [5.41, 5.74) is 3.11. The molecule has 0 bridgehead atoms. The molecule has 0 radical (unpaired) electrons. The highest BCUT2D eigenvalue weighted by Crippen LogP contribution is 2.49. The minimum atomic E-state index is -0.591. The Labute approximate surface area is 197 Å². The number of halogens is 4. The summed E-state index contributed by atoms with van der Waals surface area (Å²) in [4.78, 5) is 17.8. The first-order valence-electron chi connectivity index (χ1n) is 9.18. The number of oxime groups is 1. The molecule has 0 saturated heterocycles. The molecule has 0 unspecified atom stereocenters. The third-order valence-electron chi connectivity index (χ3n) is 4.96. The van der Waals surface area contributed by atoms with E-state index >= 15 is 0 Å². The molecule has 0 aromatic heterocycles. The summed E-state index contributed by atoms with van der Waals surface area (Å²) in [7, 11) is 0. The standard InChI is InChI=1S/C23H15BrCl3NO2/c24-16-6-1-14(2-7-16)22(19-12-18(19)13-3-8-17(25)9-4-13)28-30-23(29)15-5-10-20(26)21(27)11-15/h1-11,18-19H,12H2/b28-22-/t18-,19-/m0/s1. The molecule has 3 nitrogen and oxygen atoms in total. The number of carbonyl (C=O) groups excluding carboxylic acids is 1. The average Bonchev–Trinajstić information content (AvgIpc) is 3.52. The Balaban J connectivity index is 1.59. The predicted octanol–water partition coefficient (Wildman–Crippen LogP) is 7.77. The molecule has 0 N–H and O–H groups in total. The number of nitrogens with zero attached hydrogens (tertiary/aromatic N) is 1. The lowest BCUT2D eigenvalue weighted by Crippen LogP contribution is -2.09. The van der Waals surface area contributed by atoms with Gasteiger partial charge in [-0.25, -0.2) is 4.79 Å². The van der Waals surface area contributed by atoms with E-state index in [2.05, 4.69) is 21.1 Å². The van der Waals surface area contributed by atoms with E-state index in [0.717, 1.165) is 22.2 Å². The van der Waals surface area contributed by atoms with Crippen molar-refractivity contribution in [2.45, 2.75) is 12.3 Å². The Kier molecular flexibility index (Phi) is 6.49. The van der Waals surface area contributed by atoms with Crippen molar-refractivity contribution in [3.8, 4) is 0 Å². The zero-order chi connectivity index (χ0) is 21.3. The smallest absolute Gasteiger partial charge is 0.313 e. The lowest BCUT2D eigenvalue weighted by atomic mass is 10.0. The van der Waals surface area contributed by atoms with Crippen LogP contribution in [0.4, 0.5) is 0 Å². The molecule has 1 aliphatic carbocycles. The molecule has 3 aromatic carbocycles. The summed E-state index contributed by atoms with van der Waals surface area (Å²) in [5, 5.41) is 5.62. The van der Waals surface area contributed by atoms with Crippen molar-refractivity contribution in [3.63, 3.8) is 0 Å². The third-order valence-corrected chi connectivity index (χ3v) is 6.48. The average molecular weight is 524 g/mol. The predicted molar refractivity (Wildman–Crippen MR) is 125 cm³/mol. The van der Waals surface area contributed by atoms with Gasteiger partial charge in [0, 0.05) is 15.4 Å². The molecular formula is C23H15BrCl3NO2. The van der Waals surface area contributed by atoms with Crippen molar-refractivity contribution in [2.24, 2.45) is 11.1 Å². The monoisotopic (exact) mass is 521 g/mol. The Morgan fingerprint density at radius 1 is 0.900 bits per heavy atom. The van der Waals surface area contributed by atoms with E-state index in [0.29, 0.717) is 16.0 Å². The molecule has 0 spiro atoms. The van der Waals surface area contributed by atoms with Crippen LogP contribution >= 0.6 is 50.7 Å². The van der Waals surface area contributed by atoms with Crippen LogP contribution in [0, 0.1) is 5.92 Å². The molecule has 4 rings (SSSR count). The topological polar surface area (TPSA) is 38.7 Å². The maximum absolute atomic E-state index is 12.5. The van der Waals surface area contributed by atoms with Gasteiger partial charge in [-0.2, -0.15) is 0 Å². The van der Waals surface area contributed by atoms with Crippen LogP contribution in [0.3, 0.4) is 0 Å². The van der Waals surface area contributed by atoms with Crippen molar-refractivity contribution in [1.29, 1.82) is 0 Å². The fourth-order valence-electron chi connectivity index (χ4n) is 3.30. The first-order chi connectivity index (χ1) is 14.4. The maximum atomic E-state index is 12.5. The fraction of sp³-hybridized carbons (Fsp3) is 0.130. The van der Waals surface area contributed by atoms with E-state index in [1.807, 2.05) is 48.5 Å². The van der Waals surface area contributed by atoms with Gasteiger partial charge in [0.05, 0.1) is 21.3 Å². The number of hydrogen-bond donors (Lipinski definition) is 0. The first-order valence-corrected chi connectivity index (χ1v) is 11.1. The van der Waals surface area contributed by atoms with Crippen molar-refractivity contribution in [1.82, 2.24) is 0 Å². The molecular weight excluding hydrogens is 509 g/mol.